The summed E-state index contributed by atoms with van der Waals surface area (Å²) in [6, 6.07) is 3.56. The molecule has 3 rings (SSSR count). The number of benzene rings is 1. The predicted molar refractivity (Wildman–Crippen MR) is 101 cm³/mol. The zero-order chi connectivity index (χ0) is 19.6. The Balaban J connectivity index is 1.62. The number of anilines is 3. The first-order valence-electron chi connectivity index (χ1n) is 9.50. The van der Waals surface area contributed by atoms with E-state index < -0.39 is 12.1 Å². The van der Waals surface area contributed by atoms with Gasteiger partial charge in [-0.05, 0) is 50.2 Å². The zero-order valence-electron chi connectivity index (χ0n) is 15.5. The molecular weight excluding hydrogens is 357 g/mol. The van der Waals surface area contributed by atoms with Crippen LogP contribution in [0.2, 0.25) is 0 Å². The Kier molecular flexibility index (Phi) is 5.72. The number of nitrogens with one attached hydrogen (secondary N) is 2. The van der Waals surface area contributed by atoms with Gasteiger partial charge < -0.3 is 21.3 Å². The summed E-state index contributed by atoms with van der Waals surface area (Å²) in [5.41, 5.74) is 8.67. The van der Waals surface area contributed by atoms with Crippen LogP contribution in [0.3, 0.4) is 0 Å². The first-order chi connectivity index (χ1) is 12.8. The van der Waals surface area contributed by atoms with Crippen molar-refractivity contribution in [2.75, 3.05) is 42.6 Å². The van der Waals surface area contributed by atoms with Crippen molar-refractivity contribution < 1.29 is 18.0 Å². The summed E-state index contributed by atoms with van der Waals surface area (Å²) < 4.78 is 38.3. The lowest BCUT2D eigenvalue weighted by Crippen LogP contribution is -2.39. The van der Waals surface area contributed by atoms with Crippen molar-refractivity contribution in [1.82, 2.24) is 5.32 Å². The summed E-state index contributed by atoms with van der Waals surface area (Å²) in [6.45, 7) is 2.19. The first kappa shape index (κ1) is 19.6. The number of carbonyl (C=O) groups is 1. The standard InChI is InChI=1S/C19H27F3N4O/c1-24-16-10-17(26-7-2-8-26)14(9-15(16)23)18(27)25-11-12-3-5-13(6-4-12)19(20,21)22/h9-10,12-13,24H,2-8,11,23H2,1H3,(H,25,27). The lowest BCUT2D eigenvalue weighted by Gasteiger charge is -2.35. The fourth-order valence-electron chi connectivity index (χ4n) is 3.85. The van der Waals surface area contributed by atoms with E-state index in [0.717, 1.165) is 30.9 Å². The minimum Gasteiger partial charge on any atom is -0.397 e. The molecule has 0 unspecified atom stereocenters. The number of nitrogens with zero attached hydrogens (tertiary/aromatic N) is 1. The molecule has 2 aliphatic rings. The number of nitrogens with two attached hydrogens (primary N) is 1. The number of alkyl halides is 3. The third-order valence-corrected chi connectivity index (χ3v) is 5.74. The molecule has 0 radical (unpaired) electrons. The van der Waals surface area contributed by atoms with E-state index >= 15 is 0 Å². The van der Waals surface area contributed by atoms with Gasteiger partial charge in [-0.15, -0.1) is 0 Å². The molecule has 4 N–H and O–H groups in total. The third kappa shape index (κ3) is 4.42. The monoisotopic (exact) mass is 384 g/mol. The van der Waals surface area contributed by atoms with Crippen molar-refractivity contribution >= 4 is 23.0 Å². The van der Waals surface area contributed by atoms with Gasteiger partial charge >= 0.3 is 6.18 Å². The van der Waals surface area contributed by atoms with E-state index in [-0.39, 0.29) is 24.7 Å². The number of amides is 1. The highest BCUT2D eigenvalue weighted by Gasteiger charge is 2.41. The second kappa shape index (κ2) is 7.86. The number of halogens is 3. The lowest BCUT2D eigenvalue weighted by atomic mass is 9.81. The van der Waals surface area contributed by atoms with Gasteiger partial charge in [-0.3, -0.25) is 4.79 Å². The Morgan fingerprint density at radius 2 is 1.89 bits per heavy atom. The second-order valence-electron chi connectivity index (χ2n) is 7.52. The van der Waals surface area contributed by atoms with Crippen molar-refractivity contribution in [3.05, 3.63) is 17.7 Å². The van der Waals surface area contributed by atoms with Gasteiger partial charge in [-0.1, -0.05) is 0 Å². The molecule has 5 nitrogen and oxygen atoms in total. The SMILES string of the molecule is CNc1cc(N2CCC2)c(C(=O)NCC2CCC(C(F)(F)F)CC2)cc1N. The Morgan fingerprint density at radius 1 is 1.22 bits per heavy atom. The molecule has 2 fully saturated rings. The smallest absolute Gasteiger partial charge is 0.391 e. The normalized spacial score (nSPS) is 22.9. The summed E-state index contributed by atoms with van der Waals surface area (Å²) in [5.74, 6) is -1.32. The summed E-state index contributed by atoms with van der Waals surface area (Å²) in [6.07, 6.45) is -1.75. The molecule has 0 bridgehead atoms. The molecule has 1 saturated heterocycles. The average molecular weight is 384 g/mol. The number of rotatable bonds is 5. The lowest BCUT2D eigenvalue weighted by molar-refractivity contribution is -0.183. The largest absolute Gasteiger partial charge is 0.397 e. The molecule has 1 saturated carbocycles. The van der Waals surface area contributed by atoms with Crippen LogP contribution in [-0.4, -0.2) is 38.8 Å². The first-order valence-corrected chi connectivity index (χ1v) is 9.50. The molecule has 0 aromatic heterocycles. The number of carbonyl (C=O) groups excluding carboxylic acids is 1. The van der Waals surface area contributed by atoms with E-state index in [0.29, 0.717) is 30.6 Å². The van der Waals surface area contributed by atoms with Crippen LogP contribution in [0.1, 0.15) is 42.5 Å². The Morgan fingerprint density at radius 3 is 2.41 bits per heavy atom. The van der Waals surface area contributed by atoms with Gasteiger partial charge in [0.05, 0.1) is 28.5 Å². The molecule has 8 heteroatoms. The molecule has 1 heterocycles. The third-order valence-electron chi connectivity index (χ3n) is 5.74. The highest BCUT2D eigenvalue weighted by Crippen LogP contribution is 2.39. The van der Waals surface area contributed by atoms with Crippen LogP contribution < -0.4 is 21.3 Å². The number of hydrogen-bond donors (Lipinski definition) is 3. The van der Waals surface area contributed by atoms with Gasteiger partial charge in [-0.25, -0.2) is 0 Å². The summed E-state index contributed by atoms with van der Waals surface area (Å²) in [4.78, 5) is 14.9. The van der Waals surface area contributed by atoms with Gasteiger partial charge in [0, 0.05) is 26.7 Å². The molecule has 1 aliphatic carbocycles. The average Bonchev–Trinajstić information content (AvgIpc) is 2.58. The van der Waals surface area contributed by atoms with E-state index in [9.17, 15) is 18.0 Å². The molecule has 1 amide bonds. The van der Waals surface area contributed by atoms with Gasteiger partial charge in [0.1, 0.15) is 0 Å². The van der Waals surface area contributed by atoms with Gasteiger partial charge in [-0.2, -0.15) is 13.2 Å². The number of hydrogen-bond acceptors (Lipinski definition) is 4. The Hall–Kier alpha value is -2.12. The van der Waals surface area contributed by atoms with Crippen LogP contribution in [0.4, 0.5) is 30.2 Å². The molecule has 1 aromatic carbocycles. The summed E-state index contributed by atoms with van der Waals surface area (Å²) >= 11 is 0. The van der Waals surface area contributed by atoms with E-state index in [2.05, 4.69) is 15.5 Å². The highest BCUT2D eigenvalue weighted by molar-refractivity contribution is 6.02. The zero-order valence-corrected chi connectivity index (χ0v) is 15.5. The minimum absolute atomic E-state index is 0.0916. The molecule has 1 aliphatic heterocycles. The van der Waals surface area contributed by atoms with Crippen molar-refractivity contribution in [3.8, 4) is 0 Å². The summed E-state index contributed by atoms with van der Waals surface area (Å²) in [7, 11) is 1.78. The van der Waals surface area contributed by atoms with Crippen molar-refractivity contribution in [2.45, 2.75) is 38.3 Å². The van der Waals surface area contributed by atoms with Crippen LogP contribution in [0, 0.1) is 11.8 Å². The van der Waals surface area contributed by atoms with E-state index in [1.54, 1.807) is 13.1 Å². The Bertz CT molecular complexity index is 680. The molecule has 1 aromatic rings. The maximum absolute atomic E-state index is 12.8. The van der Waals surface area contributed by atoms with Gasteiger partial charge in [0.15, 0.2) is 0 Å². The summed E-state index contributed by atoms with van der Waals surface area (Å²) in [5, 5.41) is 5.94. The van der Waals surface area contributed by atoms with E-state index in [1.165, 1.54) is 0 Å². The quantitative estimate of drug-likeness (QED) is 0.678. The van der Waals surface area contributed by atoms with Crippen molar-refractivity contribution in [3.63, 3.8) is 0 Å². The van der Waals surface area contributed by atoms with Gasteiger partial charge in [0.2, 0.25) is 0 Å². The van der Waals surface area contributed by atoms with Crippen LogP contribution in [0.15, 0.2) is 12.1 Å². The molecule has 0 atom stereocenters. The van der Waals surface area contributed by atoms with Crippen molar-refractivity contribution in [2.24, 2.45) is 11.8 Å². The van der Waals surface area contributed by atoms with Crippen molar-refractivity contribution in [1.29, 1.82) is 0 Å². The highest BCUT2D eigenvalue weighted by atomic mass is 19.4. The molecular formula is C19H27F3N4O. The van der Waals surface area contributed by atoms with Gasteiger partial charge in [0.25, 0.3) is 5.91 Å². The molecule has 27 heavy (non-hydrogen) atoms. The minimum atomic E-state index is -4.10. The number of nitrogen functional groups attached to an aromatic ring is 1. The maximum Gasteiger partial charge on any atom is 0.391 e. The van der Waals surface area contributed by atoms with E-state index in [1.807, 2.05) is 6.07 Å². The molecule has 150 valence electrons. The van der Waals surface area contributed by atoms with Crippen LogP contribution in [0.5, 0.6) is 0 Å². The van der Waals surface area contributed by atoms with E-state index in [4.69, 9.17) is 5.73 Å². The van der Waals surface area contributed by atoms with Crippen LogP contribution in [-0.2, 0) is 0 Å². The van der Waals surface area contributed by atoms with Crippen LogP contribution >= 0.6 is 0 Å². The molecule has 0 spiro atoms. The fraction of sp³-hybridized carbons (Fsp3) is 0.632. The maximum atomic E-state index is 12.8. The Labute approximate surface area is 157 Å². The van der Waals surface area contributed by atoms with Crippen LogP contribution in [0.25, 0.3) is 0 Å². The predicted octanol–water partition coefficient (Wildman–Crippen LogP) is 3.62. The fourth-order valence-corrected chi connectivity index (χ4v) is 3.85. The topological polar surface area (TPSA) is 70.4 Å². The second-order valence-corrected chi connectivity index (χ2v) is 7.52.